The average molecular weight is 331 g/mol. The van der Waals surface area contributed by atoms with Crippen molar-refractivity contribution in [1.82, 2.24) is 19.8 Å². The van der Waals surface area contributed by atoms with Gasteiger partial charge in [0.2, 0.25) is 11.8 Å². The van der Waals surface area contributed by atoms with E-state index in [0.717, 1.165) is 0 Å². The van der Waals surface area contributed by atoms with Gasteiger partial charge in [-0.3, -0.25) is 14.5 Å². The van der Waals surface area contributed by atoms with Gasteiger partial charge in [0.15, 0.2) is 0 Å². The zero-order chi connectivity index (χ0) is 17.3. The average Bonchev–Trinajstić information content (AvgIpc) is 2.93. The second-order valence-corrected chi connectivity index (χ2v) is 6.05. The van der Waals surface area contributed by atoms with Gasteiger partial charge in [-0.1, -0.05) is 0 Å². The molecule has 0 spiro atoms. The van der Waals surface area contributed by atoms with E-state index in [0.29, 0.717) is 42.9 Å². The molecule has 1 atom stereocenters. The standard InChI is InChI=1S/C16H21N5O3/c1-10(20-5-7-21(8-6-20)11(2)22)15(23)17-12-3-4-13-14(9-12)19-16(24)18-13/h3-4,9-10H,5-8H2,1-2H3,(H,17,23)(H2,18,19,24). The summed E-state index contributed by atoms with van der Waals surface area (Å²) in [7, 11) is 0. The summed E-state index contributed by atoms with van der Waals surface area (Å²) < 4.78 is 0. The molecule has 0 aliphatic carbocycles. The maximum Gasteiger partial charge on any atom is 0.323 e. The minimum Gasteiger partial charge on any atom is -0.340 e. The summed E-state index contributed by atoms with van der Waals surface area (Å²) in [4.78, 5) is 44.3. The Balaban J connectivity index is 1.63. The van der Waals surface area contributed by atoms with Gasteiger partial charge in [0.05, 0.1) is 17.1 Å². The highest BCUT2D eigenvalue weighted by Crippen LogP contribution is 2.16. The third-order valence-corrected chi connectivity index (χ3v) is 4.47. The lowest BCUT2D eigenvalue weighted by molar-refractivity contribution is -0.131. The summed E-state index contributed by atoms with van der Waals surface area (Å²) in [6.07, 6.45) is 0. The zero-order valence-corrected chi connectivity index (χ0v) is 13.8. The molecule has 2 amide bonds. The molecule has 1 saturated heterocycles. The van der Waals surface area contributed by atoms with Crippen LogP contribution in [-0.4, -0.2) is 63.8 Å². The fourth-order valence-electron chi connectivity index (χ4n) is 2.95. The first-order chi connectivity index (χ1) is 11.4. The van der Waals surface area contributed by atoms with Gasteiger partial charge < -0.3 is 20.2 Å². The molecule has 1 aliphatic heterocycles. The van der Waals surface area contributed by atoms with E-state index in [1.807, 2.05) is 6.92 Å². The highest BCUT2D eigenvalue weighted by atomic mass is 16.2. The van der Waals surface area contributed by atoms with E-state index in [9.17, 15) is 14.4 Å². The van der Waals surface area contributed by atoms with Crippen LogP contribution in [0.15, 0.2) is 23.0 Å². The number of hydrogen-bond donors (Lipinski definition) is 3. The molecule has 1 aromatic heterocycles. The Hall–Kier alpha value is -2.61. The molecule has 0 bridgehead atoms. The monoisotopic (exact) mass is 331 g/mol. The number of piperazine rings is 1. The normalized spacial score (nSPS) is 17.0. The summed E-state index contributed by atoms with van der Waals surface area (Å²) in [5.74, 6) is -0.0379. The van der Waals surface area contributed by atoms with E-state index in [1.54, 1.807) is 30.0 Å². The molecule has 1 aliphatic rings. The number of nitrogens with one attached hydrogen (secondary N) is 3. The first-order valence-corrected chi connectivity index (χ1v) is 7.96. The van der Waals surface area contributed by atoms with Crippen LogP contribution in [0.1, 0.15) is 13.8 Å². The number of aromatic nitrogens is 2. The summed E-state index contributed by atoms with van der Waals surface area (Å²) in [5.41, 5.74) is 1.72. The van der Waals surface area contributed by atoms with Crippen molar-refractivity contribution in [1.29, 1.82) is 0 Å². The second-order valence-electron chi connectivity index (χ2n) is 6.05. The van der Waals surface area contributed by atoms with Crippen LogP contribution in [0, 0.1) is 0 Å². The number of fused-ring (bicyclic) bond motifs is 1. The fraction of sp³-hybridized carbons (Fsp3) is 0.438. The smallest absolute Gasteiger partial charge is 0.323 e. The van der Waals surface area contributed by atoms with Crippen molar-refractivity contribution < 1.29 is 9.59 Å². The van der Waals surface area contributed by atoms with Crippen molar-refractivity contribution in [2.24, 2.45) is 0 Å². The Kier molecular flexibility index (Phi) is 4.39. The highest BCUT2D eigenvalue weighted by Gasteiger charge is 2.26. The molecule has 1 aromatic carbocycles. The Morgan fingerprint density at radius 2 is 1.79 bits per heavy atom. The predicted molar refractivity (Wildman–Crippen MR) is 90.8 cm³/mol. The van der Waals surface area contributed by atoms with Crippen LogP contribution >= 0.6 is 0 Å². The van der Waals surface area contributed by atoms with E-state index in [1.165, 1.54) is 0 Å². The number of aromatic amines is 2. The molecule has 3 N–H and O–H groups in total. The fourth-order valence-corrected chi connectivity index (χ4v) is 2.95. The Labute approximate surface area is 138 Å². The number of benzene rings is 1. The molecule has 2 aromatic rings. The quantitative estimate of drug-likeness (QED) is 0.755. The lowest BCUT2D eigenvalue weighted by atomic mass is 10.2. The van der Waals surface area contributed by atoms with Crippen molar-refractivity contribution in [2.45, 2.75) is 19.9 Å². The Morgan fingerprint density at radius 3 is 2.46 bits per heavy atom. The molecule has 128 valence electrons. The number of carbonyl (C=O) groups excluding carboxylic acids is 2. The predicted octanol–water partition coefficient (Wildman–Crippen LogP) is 0.347. The van der Waals surface area contributed by atoms with Crippen LogP contribution < -0.4 is 11.0 Å². The van der Waals surface area contributed by atoms with Crippen molar-refractivity contribution in [3.8, 4) is 0 Å². The van der Waals surface area contributed by atoms with E-state index >= 15 is 0 Å². The van der Waals surface area contributed by atoms with Crippen LogP contribution in [0.5, 0.6) is 0 Å². The van der Waals surface area contributed by atoms with Gasteiger partial charge in [-0.15, -0.1) is 0 Å². The van der Waals surface area contributed by atoms with Crippen LogP contribution in [-0.2, 0) is 9.59 Å². The summed E-state index contributed by atoms with van der Waals surface area (Å²) in [5, 5.41) is 2.88. The van der Waals surface area contributed by atoms with E-state index in [2.05, 4.69) is 20.2 Å². The van der Waals surface area contributed by atoms with E-state index < -0.39 is 0 Å². The molecule has 2 heterocycles. The van der Waals surface area contributed by atoms with Crippen LogP contribution in [0.4, 0.5) is 5.69 Å². The molecule has 8 heteroatoms. The maximum atomic E-state index is 12.5. The lowest BCUT2D eigenvalue weighted by Crippen LogP contribution is -2.53. The van der Waals surface area contributed by atoms with Gasteiger partial charge in [-0.05, 0) is 25.1 Å². The maximum absolute atomic E-state index is 12.5. The van der Waals surface area contributed by atoms with Crippen LogP contribution in [0.2, 0.25) is 0 Å². The molecule has 0 radical (unpaired) electrons. The number of anilines is 1. The van der Waals surface area contributed by atoms with Gasteiger partial charge in [-0.2, -0.15) is 0 Å². The van der Waals surface area contributed by atoms with Gasteiger partial charge in [0, 0.05) is 38.8 Å². The largest absolute Gasteiger partial charge is 0.340 e. The second kappa shape index (κ2) is 6.48. The topological polar surface area (TPSA) is 101 Å². The molecule has 8 nitrogen and oxygen atoms in total. The lowest BCUT2D eigenvalue weighted by Gasteiger charge is -2.37. The molecule has 3 rings (SSSR count). The molecule has 24 heavy (non-hydrogen) atoms. The van der Waals surface area contributed by atoms with Gasteiger partial charge in [0.1, 0.15) is 0 Å². The summed E-state index contributed by atoms with van der Waals surface area (Å²) in [6, 6.07) is 4.94. The van der Waals surface area contributed by atoms with Gasteiger partial charge >= 0.3 is 5.69 Å². The minimum atomic E-state index is -0.292. The number of H-pyrrole nitrogens is 2. The van der Waals surface area contributed by atoms with Gasteiger partial charge in [-0.25, -0.2) is 4.79 Å². The van der Waals surface area contributed by atoms with Crippen molar-refractivity contribution >= 4 is 28.5 Å². The number of imidazole rings is 1. The van der Waals surface area contributed by atoms with Crippen molar-refractivity contribution in [2.75, 3.05) is 31.5 Å². The molecular weight excluding hydrogens is 310 g/mol. The number of carbonyl (C=O) groups is 2. The molecule has 1 unspecified atom stereocenters. The SMILES string of the molecule is CC(=O)N1CCN(C(C)C(=O)Nc2ccc3[nH]c(=O)[nH]c3c2)CC1. The number of nitrogens with zero attached hydrogens (tertiary/aromatic N) is 2. The van der Waals surface area contributed by atoms with Gasteiger partial charge in [0.25, 0.3) is 0 Å². The third kappa shape index (κ3) is 3.33. The number of rotatable bonds is 3. The number of amides is 2. The Bertz CT molecular complexity index is 816. The van der Waals surface area contributed by atoms with Crippen molar-refractivity contribution in [3.63, 3.8) is 0 Å². The first-order valence-electron chi connectivity index (χ1n) is 7.96. The van der Waals surface area contributed by atoms with Crippen LogP contribution in [0.3, 0.4) is 0 Å². The number of hydrogen-bond acceptors (Lipinski definition) is 4. The molecule has 0 saturated carbocycles. The molecule has 1 fully saturated rings. The minimum absolute atomic E-state index is 0.0700. The first kappa shape index (κ1) is 16.3. The molecular formula is C16H21N5O3. The Morgan fingerprint density at radius 1 is 1.12 bits per heavy atom. The van der Waals surface area contributed by atoms with E-state index in [4.69, 9.17) is 0 Å². The summed E-state index contributed by atoms with van der Waals surface area (Å²) in [6.45, 7) is 6.06. The van der Waals surface area contributed by atoms with E-state index in [-0.39, 0.29) is 23.5 Å². The summed E-state index contributed by atoms with van der Waals surface area (Å²) >= 11 is 0. The van der Waals surface area contributed by atoms with Crippen molar-refractivity contribution in [3.05, 3.63) is 28.7 Å². The third-order valence-electron chi connectivity index (χ3n) is 4.47. The zero-order valence-electron chi connectivity index (χ0n) is 13.8. The highest BCUT2D eigenvalue weighted by molar-refractivity contribution is 5.96. The van der Waals surface area contributed by atoms with Crippen LogP contribution in [0.25, 0.3) is 11.0 Å².